The third kappa shape index (κ3) is 4.52. The van der Waals surface area contributed by atoms with Crippen LogP contribution in [0.2, 0.25) is 0 Å². The second-order valence-electron chi connectivity index (χ2n) is 8.50. The summed E-state index contributed by atoms with van der Waals surface area (Å²) in [5.74, 6) is 1.35. The van der Waals surface area contributed by atoms with Crippen molar-refractivity contribution in [3.05, 3.63) is 29.3 Å². The number of carbonyl (C=O) groups excluding carboxylic acids is 2. The van der Waals surface area contributed by atoms with Crippen LogP contribution in [-0.4, -0.2) is 48.9 Å². The Balaban J connectivity index is 1.62. The van der Waals surface area contributed by atoms with Gasteiger partial charge in [-0.15, -0.1) is 0 Å². The summed E-state index contributed by atoms with van der Waals surface area (Å²) >= 11 is 0. The lowest BCUT2D eigenvalue weighted by atomic mass is 9.94. The van der Waals surface area contributed by atoms with E-state index in [1.165, 1.54) is 12.8 Å². The zero-order valence-corrected chi connectivity index (χ0v) is 17.1. The van der Waals surface area contributed by atoms with E-state index in [-0.39, 0.29) is 11.8 Å². The largest absolute Gasteiger partial charge is 0.350 e. The summed E-state index contributed by atoms with van der Waals surface area (Å²) in [4.78, 5) is 28.7. The van der Waals surface area contributed by atoms with Crippen molar-refractivity contribution < 1.29 is 9.59 Å². The molecule has 0 radical (unpaired) electrons. The Kier molecular flexibility index (Phi) is 6.20. The molecule has 0 saturated carbocycles. The SMILES string of the molecule is CC(=O)N1CCc2cc(C(=O)NCC(C(C)C)N3CCC(C)CC3)ccc21. The molecule has 1 fully saturated rings. The summed E-state index contributed by atoms with van der Waals surface area (Å²) < 4.78 is 0. The molecule has 0 aliphatic carbocycles. The van der Waals surface area contributed by atoms with Gasteiger partial charge in [0, 0.05) is 37.3 Å². The summed E-state index contributed by atoms with van der Waals surface area (Å²) in [7, 11) is 0. The molecule has 1 atom stereocenters. The number of carbonyl (C=O) groups is 2. The number of nitrogens with one attached hydrogen (secondary N) is 1. The van der Waals surface area contributed by atoms with Crippen LogP contribution in [0, 0.1) is 11.8 Å². The topological polar surface area (TPSA) is 52.7 Å². The molecule has 1 unspecified atom stereocenters. The Labute approximate surface area is 163 Å². The van der Waals surface area contributed by atoms with Gasteiger partial charge in [0.05, 0.1) is 0 Å². The van der Waals surface area contributed by atoms with E-state index in [0.717, 1.165) is 36.7 Å². The van der Waals surface area contributed by atoms with E-state index in [1.807, 2.05) is 18.2 Å². The monoisotopic (exact) mass is 371 g/mol. The van der Waals surface area contributed by atoms with Crippen LogP contribution in [0.1, 0.15) is 56.5 Å². The first-order valence-corrected chi connectivity index (χ1v) is 10.3. The normalized spacial score (nSPS) is 19.2. The highest BCUT2D eigenvalue weighted by Crippen LogP contribution is 2.29. The maximum Gasteiger partial charge on any atom is 0.251 e. The van der Waals surface area contributed by atoms with Gasteiger partial charge in [-0.2, -0.15) is 0 Å². The fourth-order valence-corrected chi connectivity index (χ4v) is 4.32. The highest BCUT2D eigenvalue weighted by Gasteiger charge is 2.27. The predicted molar refractivity (Wildman–Crippen MR) is 109 cm³/mol. The van der Waals surface area contributed by atoms with E-state index >= 15 is 0 Å². The van der Waals surface area contributed by atoms with Gasteiger partial charge < -0.3 is 10.2 Å². The van der Waals surface area contributed by atoms with Crippen molar-refractivity contribution in [1.82, 2.24) is 10.2 Å². The first-order valence-electron chi connectivity index (χ1n) is 10.3. The number of rotatable bonds is 5. The maximum absolute atomic E-state index is 12.7. The second-order valence-corrected chi connectivity index (χ2v) is 8.50. The van der Waals surface area contributed by atoms with Crippen molar-refractivity contribution >= 4 is 17.5 Å². The molecule has 0 spiro atoms. The van der Waals surface area contributed by atoms with Crippen molar-refractivity contribution in [2.45, 2.75) is 53.0 Å². The minimum absolute atomic E-state index is 0.0184. The van der Waals surface area contributed by atoms with Gasteiger partial charge >= 0.3 is 0 Å². The fourth-order valence-electron chi connectivity index (χ4n) is 4.32. The Bertz CT molecular complexity index is 693. The van der Waals surface area contributed by atoms with E-state index in [1.54, 1.807) is 11.8 Å². The van der Waals surface area contributed by atoms with Crippen LogP contribution in [0.3, 0.4) is 0 Å². The van der Waals surface area contributed by atoms with Crippen molar-refractivity contribution in [3.63, 3.8) is 0 Å². The zero-order chi connectivity index (χ0) is 19.6. The van der Waals surface area contributed by atoms with E-state index < -0.39 is 0 Å². The van der Waals surface area contributed by atoms with Gasteiger partial charge in [0.2, 0.25) is 5.91 Å². The fraction of sp³-hybridized carbons (Fsp3) is 0.636. The van der Waals surface area contributed by atoms with Gasteiger partial charge in [-0.05, 0) is 68.0 Å². The van der Waals surface area contributed by atoms with Crippen LogP contribution < -0.4 is 10.2 Å². The molecule has 1 aromatic carbocycles. The highest BCUT2D eigenvalue weighted by molar-refractivity contribution is 5.97. The second kappa shape index (κ2) is 8.42. The average Bonchev–Trinajstić information content (AvgIpc) is 3.06. The van der Waals surface area contributed by atoms with Crippen LogP contribution in [0.25, 0.3) is 0 Å². The van der Waals surface area contributed by atoms with E-state index in [9.17, 15) is 9.59 Å². The third-order valence-electron chi connectivity index (χ3n) is 6.15. The Morgan fingerprint density at radius 2 is 1.89 bits per heavy atom. The third-order valence-corrected chi connectivity index (χ3v) is 6.15. The molecule has 5 heteroatoms. The summed E-state index contributed by atoms with van der Waals surface area (Å²) in [6.45, 7) is 12.0. The number of benzene rings is 1. The molecule has 1 N–H and O–H groups in total. The van der Waals surface area contributed by atoms with Crippen LogP contribution in [0.5, 0.6) is 0 Å². The number of piperidine rings is 1. The zero-order valence-electron chi connectivity index (χ0n) is 17.1. The number of anilines is 1. The minimum Gasteiger partial charge on any atom is -0.350 e. The highest BCUT2D eigenvalue weighted by atomic mass is 16.2. The van der Waals surface area contributed by atoms with Crippen molar-refractivity contribution in [2.75, 3.05) is 31.1 Å². The number of fused-ring (bicyclic) bond motifs is 1. The van der Waals surface area contributed by atoms with E-state index in [4.69, 9.17) is 0 Å². The quantitative estimate of drug-likeness (QED) is 0.865. The molecule has 1 saturated heterocycles. The average molecular weight is 372 g/mol. The van der Waals surface area contributed by atoms with Gasteiger partial charge in [0.15, 0.2) is 0 Å². The molecule has 0 aromatic heterocycles. The lowest BCUT2D eigenvalue weighted by molar-refractivity contribution is -0.116. The molecule has 1 aromatic rings. The van der Waals surface area contributed by atoms with Crippen molar-refractivity contribution in [2.24, 2.45) is 11.8 Å². The maximum atomic E-state index is 12.7. The molecule has 2 heterocycles. The summed E-state index contributed by atoms with van der Waals surface area (Å²) in [6, 6.07) is 6.07. The molecule has 3 rings (SSSR count). The Morgan fingerprint density at radius 3 is 2.52 bits per heavy atom. The Hall–Kier alpha value is -1.88. The van der Waals surface area contributed by atoms with Gasteiger partial charge in [-0.1, -0.05) is 20.8 Å². The molecule has 2 aliphatic heterocycles. The molecule has 148 valence electrons. The van der Waals surface area contributed by atoms with Crippen LogP contribution in [-0.2, 0) is 11.2 Å². The van der Waals surface area contributed by atoms with Crippen molar-refractivity contribution in [3.8, 4) is 0 Å². The Morgan fingerprint density at radius 1 is 1.19 bits per heavy atom. The number of hydrogen-bond donors (Lipinski definition) is 1. The molecule has 27 heavy (non-hydrogen) atoms. The summed E-state index contributed by atoms with van der Waals surface area (Å²) in [5.41, 5.74) is 2.72. The molecular weight excluding hydrogens is 338 g/mol. The summed E-state index contributed by atoms with van der Waals surface area (Å²) in [5, 5.41) is 3.15. The standard InChI is InChI=1S/C22H33N3O2/c1-15(2)21(24-10-7-16(3)8-11-24)14-23-22(27)19-5-6-20-18(13-19)9-12-25(20)17(4)26/h5-6,13,15-16,21H,7-12,14H2,1-4H3,(H,23,27). The predicted octanol–water partition coefficient (Wildman–Crippen LogP) is 3.08. The van der Waals surface area contributed by atoms with E-state index in [2.05, 4.69) is 31.0 Å². The molecule has 2 aliphatic rings. The van der Waals surface area contributed by atoms with Crippen molar-refractivity contribution in [1.29, 1.82) is 0 Å². The molecular formula is C22H33N3O2. The first kappa shape index (κ1) is 19.9. The smallest absolute Gasteiger partial charge is 0.251 e. The van der Waals surface area contributed by atoms with Crippen LogP contribution in [0.4, 0.5) is 5.69 Å². The summed E-state index contributed by atoms with van der Waals surface area (Å²) in [6.07, 6.45) is 3.31. The van der Waals surface area contributed by atoms with Crippen LogP contribution >= 0.6 is 0 Å². The number of nitrogens with zero attached hydrogens (tertiary/aromatic N) is 2. The van der Waals surface area contributed by atoms with Gasteiger partial charge in [0.1, 0.15) is 0 Å². The molecule has 0 bridgehead atoms. The van der Waals surface area contributed by atoms with Gasteiger partial charge in [0.25, 0.3) is 5.91 Å². The van der Waals surface area contributed by atoms with Crippen LogP contribution in [0.15, 0.2) is 18.2 Å². The number of amides is 2. The number of likely N-dealkylation sites (tertiary alicyclic amines) is 1. The lowest BCUT2D eigenvalue weighted by Crippen LogP contribution is -2.49. The molecule has 2 amide bonds. The van der Waals surface area contributed by atoms with Gasteiger partial charge in [-0.3, -0.25) is 14.5 Å². The van der Waals surface area contributed by atoms with E-state index in [0.29, 0.717) is 30.6 Å². The first-order chi connectivity index (χ1) is 12.9. The minimum atomic E-state index is -0.0184. The van der Waals surface area contributed by atoms with Gasteiger partial charge in [-0.25, -0.2) is 0 Å². The number of hydrogen-bond acceptors (Lipinski definition) is 3. The lowest BCUT2D eigenvalue weighted by Gasteiger charge is -2.38. The molecule has 5 nitrogen and oxygen atoms in total.